The highest BCUT2D eigenvalue weighted by Gasteiger charge is 2.45. The first-order chi connectivity index (χ1) is 20.2. The molecule has 42 heavy (non-hydrogen) atoms. The molecule has 0 spiro atoms. The van der Waals surface area contributed by atoms with Gasteiger partial charge in [0, 0.05) is 0 Å². The molecule has 0 amide bonds. The van der Waals surface area contributed by atoms with Crippen LogP contribution in [-0.4, -0.2) is 121 Å². The number of ether oxygens (including phenoxy) is 7. The van der Waals surface area contributed by atoms with Crippen molar-refractivity contribution in [1.82, 2.24) is 0 Å². The largest absolute Gasteiger partial charge is 0.493 e. The van der Waals surface area contributed by atoms with Crippen LogP contribution in [0.15, 0.2) is 30.3 Å². The van der Waals surface area contributed by atoms with Gasteiger partial charge in [-0.25, -0.2) is 0 Å². The predicted molar refractivity (Wildman–Crippen MR) is 146 cm³/mol. The van der Waals surface area contributed by atoms with E-state index in [1.807, 2.05) is 0 Å². The molecular formula is C28H38O14. The molecule has 0 bridgehead atoms. The van der Waals surface area contributed by atoms with Crippen molar-refractivity contribution < 1.29 is 68.9 Å². The second kappa shape index (κ2) is 15.2. The van der Waals surface area contributed by atoms with Crippen LogP contribution in [0.5, 0.6) is 34.5 Å². The lowest BCUT2D eigenvalue weighted by Gasteiger charge is -2.39. The van der Waals surface area contributed by atoms with Gasteiger partial charge in [-0.1, -0.05) is 12.2 Å². The molecule has 0 saturated carbocycles. The molecule has 1 aliphatic heterocycles. The minimum absolute atomic E-state index is 0.0206. The first-order valence-electron chi connectivity index (χ1n) is 12.9. The first-order valence-corrected chi connectivity index (χ1v) is 12.9. The van der Waals surface area contributed by atoms with E-state index < -0.39 is 56.1 Å². The van der Waals surface area contributed by atoms with Gasteiger partial charge >= 0.3 is 0 Å². The van der Waals surface area contributed by atoms with E-state index >= 15 is 0 Å². The van der Waals surface area contributed by atoms with Crippen molar-refractivity contribution in [2.75, 3.05) is 48.3 Å². The zero-order chi connectivity index (χ0) is 31.0. The van der Waals surface area contributed by atoms with Gasteiger partial charge in [0.25, 0.3) is 0 Å². The monoisotopic (exact) mass is 598 g/mol. The highest BCUT2D eigenvalue weighted by atomic mass is 16.7. The Morgan fingerprint density at radius 1 is 0.786 bits per heavy atom. The lowest BCUT2D eigenvalue weighted by Crippen LogP contribution is -2.60. The van der Waals surface area contributed by atoms with Crippen molar-refractivity contribution in [2.45, 2.75) is 42.9 Å². The minimum Gasteiger partial charge on any atom is -0.493 e. The summed E-state index contributed by atoms with van der Waals surface area (Å²) in [5.41, 5.74) is 0.833. The van der Waals surface area contributed by atoms with Crippen LogP contribution in [0.3, 0.4) is 0 Å². The van der Waals surface area contributed by atoms with Crippen LogP contribution >= 0.6 is 0 Å². The fourth-order valence-corrected chi connectivity index (χ4v) is 4.34. The summed E-state index contributed by atoms with van der Waals surface area (Å²) in [6.45, 7) is -1.45. The fourth-order valence-electron chi connectivity index (χ4n) is 4.34. The molecule has 1 fully saturated rings. The highest BCUT2D eigenvalue weighted by Crippen LogP contribution is 2.44. The summed E-state index contributed by atoms with van der Waals surface area (Å²) in [5.74, 6) is 0.573. The van der Waals surface area contributed by atoms with Gasteiger partial charge in [0.05, 0.1) is 48.3 Å². The van der Waals surface area contributed by atoms with E-state index in [9.17, 15) is 30.6 Å². The van der Waals surface area contributed by atoms with Crippen molar-refractivity contribution in [1.29, 1.82) is 0 Å². The van der Waals surface area contributed by atoms with Gasteiger partial charge in [0.15, 0.2) is 29.1 Å². The van der Waals surface area contributed by atoms with Crippen molar-refractivity contribution in [3.8, 4) is 34.5 Å². The molecule has 2 aromatic rings. The summed E-state index contributed by atoms with van der Waals surface area (Å²) in [5, 5.41) is 70.5. The second-order valence-electron chi connectivity index (χ2n) is 9.19. The third-order valence-electron chi connectivity index (χ3n) is 6.61. The zero-order valence-corrected chi connectivity index (χ0v) is 23.6. The van der Waals surface area contributed by atoms with E-state index in [0.717, 1.165) is 0 Å². The SMILES string of the molecule is COc1cc([C@@H](O)[C@@H](CO)Oc2c(OC)cc(C=CCO)cc2OC)cc(OC)c1O[C@@H]1O[C@H](CO)[C@@H](O)[C@H](O)[C@H]1O. The summed E-state index contributed by atoms with van der Waals surface area (Å²) in [6.07, 6.45) is -7.18. The van der Waals surface area contributed by atoms with E-state index in [1.54, 1.807) is 18.2 Å². The average molecular weight is 599 g/mol. The maximum absolute atomic E-state index is 11.3. The molecule has 0 radical (unpaired) electrons. The lowest BCUT2D eigenvalue weighted by molar-refractivity contribution is -0.277. The Balaban J connectivity index is 1.94. The molecule has 1 heterocycles. The van der Waals surface area contributed by atoms with Crippen molar-refractivity contribution in [3.05, 3.63) is 41.5 Å². The second-order valence-corrected chi connectivity index (χ2v) is 9.19. The molecule has 7 atom stereocenters. The summed E-state index contributed by atoms with van der Waals surface area (Å²) < 4.78 is 38.9. The Bertz CT molecular complexity index is 1140. The van der Waals surface area contributed by atoms with Gasteiger partial charge in [-0.15, -0.1) is 0 Å². The number of methoxy groups -OCH3 is 4. The molecule has 14 nitrogen and oxygen atoms in total. The molecule has 7 N–H and O–H groups in total. The first kappa shape index (κ1) is 33.2. The van der Waals surface area contributed by atoms with E-state index in [1.165, 1.54) is 46.6 Å². The highest BCUT2D eigenvalue weighted by molar-refractivity contribution is 5.62. The molecule has 0 unspecified atom stereocenters. The van der Waals surface area contributed by atoms with Crippen LogP contribution in [0.2, 0.25) is 0 Å². The van der Waals surface area contributed by atoms with E-state index in [2.05, 4.69) is 0 Å². The maximum atomic E-state index is 11.3. The number of rotatable bonds is 14. The van der Waals surface area contributed by atoms with Crippen LogP contribution < -0.4 is 28.4 Å². The van der Waals surface area contributed by atoms with E-state index in [4.69, 9.17) is 38.3 Å². The summed E-state index contributed by atoms with van der Waals surface area (Å²) >= 11 is 0. The average Bonchev–Trinajstić information content (AvgIpc) is 3.02. The zero-order valence-electron chi connectivity index (χ0n) is 23.6. The number of aliphatic hydroxyl groups is 7. The number of hydrogen-bond donors (Lipinski definition) is 7. The molecule has 3 rings (SSSR count). The molecule has 234 valence electrons. The van der Waals surface area contributed by atoms with Crippen molar-refractivity contribution in [2.24, 2.45) is 0 Å². The summed E-state index contributed by atoms with van der Waals surface area (Å²) in [4.78, 5) is 0. The van der Waals surface area contributed by atoms with Gasteiger partial charge in [-0.05, 0) is 35.4 Å². The molecule has 1 aliphatic rings. The molecular weight excluding hydrogens is 560 g/mol. The van der Waals surface area contributed by atoms with Gasteiger partial charge in [0.1, 0.15) is 30.5 Å². The van der Waals surface area contributed by atoms with E-state index in [0.29, 0.717) is 5.56 Å². The maximum Gasteiger partial charge on any atom is 0.229 e. The normalized spacial score (nSPS) is 23.7. The van der Waals surface area contributed by atoms with Crippen molar-refractivity contribution in [3.63, 3.8) is 0 Å². The molecule has 0 aromatic heterocycles. The van der Waals surface area contributed by atoms with Crippen LogP contribution in [0.1, 0.15) is 17.2 Å². The number of aliphatic hydroxyl groups excluding tert-OH is 7. The predicted octanol–water partition coefficient (Wildman–Crippen LogP) is -0.621. The van der Waals surface area contributed by atoms with Gasteiger partial charge in [0.2, 0.25) is 17.8 Å². The van der Waals surface area contributed by atoms with E-state index in [-0.39, 0.29) is 46.7 Å². The van der Waals surface area contributed by atoms with Gasteiger partial charge in [-0.2, -0.15) is 0 Å². The Hall–Kier alpha value is -3.34. The van der Waals surface area contributed by atoms with Crippen molar-refractivity contribution >= 4 is 6.08 Å². The van der Waals surface area contributed by atoms with Crippen LogP contribution in [0.4, 0.5) is 0 Å². The van der Waals surface area contributed by atoms with Crippen LogP contribution in [-0.2, 0) is 4.74 Å². The van der Waals surface area contributed by atoms with Crippen LogP contribution in [0, 0.1) is 0 Å². The van der Waals surface area contributed by atoms with Crippen LogP contribution in [0.25, 0.3) is 6.08 Å². The quantitative estimate of drug-likeness (QED) is 0.145. The molecule has 1 saturated heterocycles. The third kappa shape index (κ3) is 7.17. The fraction of sp³-hybridized carbons (Fsp3) is 0.500. The number of hydrogen-bond acceptors (Lipinski definition) is 14. The van der Waals surface area contributed by atoms with Gasteiger partial charge < -0.3 is 68.9 Å². The Labute approximate surface area is 242 Å². The number of benzene rings is 2. The van der Waals surface area contributed by atoms with Gasteiger partial charge in [-0.3, -0.25) is 0 Å². The molecule has 0 aliphatic carbocycles. The Morgan fingerprint density at radius 2 is 1.33 bits per heavy atom. The third-order valence-corrected chi connectivity index (χ3v) is 6.61. The standard InChI is InChI=1S/C28H38O14/c1-36-16-8-14(6-5-7-29)9-17(37-2)26(16)40-20(12-30)22(32)15-10-18(38-3)27(19(11-15)39-4)42-28-25(35)24(34)23(33)21(13-31)41-28/h5-6,8-11,20-25,28-35H,7,12-13H2,1-4H3/t20-,21-,22-,23-,24+,25-,28+/m1/s1. The minimum atomic E-state index is -1.69. The smallest absolute Gasteiger partial charge is 0.229 e. The Kier molecular flexibility index (Phi) is 12.0. The molecule has 14 heteroatoms. The Morgan fingerprint density at radius 3 is 1.81 bits per heavy atom. The topological polar surface area (TPSA) is 206 Å². The summed E-state index contributed by atoms with van der Waals surface area (Å²) in [6, 6.07) is 6.02. The summed E-state index contributed by atoms with van der Waals surface area (Å²) in [7, 11) is 5.45. The lowest BCUT2D eigenvalue weighted by atomic mass is 9.99. The molecule has 2 aromatic carbocycles.